The molecular weight excluding hydrogens is 238 g/mol. The highest BCUT2D eigenvalue weighted by Crippen LogP contribution is 2.17. The van der Waals surface area contributed by atoms with Crippen molar-refractivity contribution in [2.75, 3.05) is 0 Å². The number of hydrazine groups is 1. The Hall–Kier alpha value is -1.43. The van der Waals surface area contributed by atoms with E-state index in [-0.39, 0.29) is 6.04 Å². The van der Waals surface area contributed by atoms with Crippen molar-refractivity contribution in [3.63, 3.8) is 0 Å². The van der Waals surface area contributed by atoms with Crippen LogP contribution in [0, 0.1) is 0 Å². The van der Waals surface area contributed by atoms with Crippen molar-refractivity contribution in [3.8, 4) is 0 Å². The minimum absolute atomic E-state index is 0.0449. The second kappa shape index (κ2) is 5.27. The quantitative estimate of drug-likeness (QED) is 0.633. The van der Waals surface area contributed by atoms with Gasteiger partial charge in [-0.1, -0.05) is 11.6 Å². The van der Waals surface area contributed by atoms with E-state index < -0.39 is 0 Å². The third-order valence-corrected chi connectivity index (χ3v) is 2.73. The van der Waals surface area contributed by atoms with Crippen LogP contribution in [0.5, 0.6) is 0 Å². The number of pyridine rings is 1. The standard InChI is InChI=1S/C11H14ClN5/c1-17-7-8(5-15-17)4-11(16-13)10-3-2-9(12)6-14-10/h2-3,5-7,11,16H,4,13H2,1H3. The molecule has 0 spiro atoms. The van der Waals surface area contributed by atoms with Crippen molar-refractivity contribution in [3.05, 3.63) is 47.0 Å². The largest absolute Gasteiger partial charge is 0.276 e. The van der Waals surface area contributed by atoms with Crippen LogP contribution in [0.1, 0.15) is 17.3 Å². The summed E-state index contributed by atoms with van der Waals surface area (Å²) in [5.74, 6) is 5.55. The van der Waals surface area contributed by atoms with Gasteiger partial charge in [-0.25, -0.2) is 0 Å². The van der Waals surface area contributed by atoms with Gasteiger partial charge in [0, 0.05) is 19.4 Å². The molecule has 2 aromatic rings. The van der Waals surface area contributed by atoms with Crippen LogP contribution in [0.2, 0.25) is 5.02 Å². The number of nitrogens with two attached hydrogens (primary N) is 1. The molecule has 0 aromatic carbocycles. The molecule has 0 radical (unpaired) electrons. The molecule has 6 heteroatoms. The Morgan fingerprint density at radius 2 is 2.29 bits per heavy atom. The number of hydrogen-bond donors (Lipinski definition) is 2. The first-order valence-electron chi connectivity index (χ1n) is 5.24. The van der Waals surface area contributed by atoms with E-state index in [0.29, 0.717) is 5.02 Å². The molecule has 2 aromatic heterocycles. The van der Waals surface area contributed by atoms with Crippen molar-refractivity contribution in [2.45, 2.75) is 12.5 Å². The minimum Gasteiger partial charge on any atom is -0.276 e. The molecule has 0 amide bonds. The zero-order valence-electron chi connectivity index (χ0n) is 9.47. The molecule has 1 atom stereocenters. The Labute approximate surface area is 105 Å². The molecule has 0 saturated heterocycles. The molecule has 0 aliphatic carbocycles. The third-order valence-electron chi connectivity index (χ3n) is 2.51. The molecule has 0 fully saturated rings. The van der Waals surface area contributed by atoms with Gasteiger partial charge in [0.1, 0.15) is 0 Å². The van der Waals surface area contributed by atoms with Crippen LogP contribution < -0.4 is 11.3 Å². The van der Waals surface area contributed by atoms with Crippen LogP contribution in [0.25, 0.3) is 0 Å². The molecule has 2 heterocycles. The van der Waals surface area contributed by atoms with Crippen molar-refractivity contribution >= 4 is 11.6 Å². The molecule has 5 nitrogen and oxygen atoms in total. The second-order valence-corrected chi connectivity index (χ2v) is 4.28. The average molecular weight is 252 g/mol. The maximum atomic E-state index is 5.80. The molecule has 0 aliphatic rings. The van der Waals surface area contributed by atoms with Crippen LogP contribution in [0.3, 0.4) is 0 Å². The zero-order valence-corrected chi connectivity index (χ0v) is 10.2. The Bertz CT molecular complexity index is 479. The molecule has 17 heavy (non-hydrogen) atoms. The fourth-order valence-electron chi connectivity index (χ4n) is 1.66. The molecular formula is C11H14ClN5. The Balaban J connectivity index is 2.13. The van der Waals surface area contributed by atoms with Crippen molar-refractivity contribution in [1.82, 2.24) is 20.2 Å². The first-order valence-corrected chi connectivity index (χ1v) is 5.62. The number of halogens is 1. The highest BCUT2D eigenvalue weighted by atomic mass is 35.5. The Morgan fingerprint density at radius 1 is 1.47 bits per heavy atom. The van der Waals surface area contributed by atoms with E-state index in [0.717, 1.165) is 17.7 Å². The van der Waals surface area contributed by atoms with Crippen LogP contribution in [0.15, 0.2) is 30.7 Å². The summed E-state index contributed by atoms with van der Waals surface area (Å²) in [6.07, 6.45) is 6.13. The molecule has 2 rings (SSSR count). The van der Waals surface area contributed by atoms with Crippen LogP contribution in [-0.2, 0) is 13.5 Å². The summed E-state index contributed by atoms with van der Waals surface area (Å²) < 4.78 is 1.76. The lowest BCUT2D eigenvalue weighted by Gasteiger charge is -2.14. The molecule has 1 unspecified atom stereocenters. The summed E-state index contributed by atoms with van der Waals surface area (Å²) in [6, 6.07) is 3.62. The number of nitrogens with zero attached hydrogens (tertiary/aromatic N) is 3. The van der Waals surface area contributed by atoms with Gasteiger partial charge in [0.15, 0.2) is 0 Å². The maximum Gasteiger partial charge on any atom is 0.0673 e. The summed E-state index contributed by atoms with van der Waals surface area (Å²) in [5, 5.41) is 4.73. The number of nitrogens with one attached hydrogen (secondary N) is 1. The highest BCUT2D eigenvalue weighted by Gasteiger charge is 2.12. The van der Waals surface area contributed by atoms with Crippen molar-refractivity contribution < 1.29 is 0 Å². The molecule has 0 bridgehead atoms. The maximum absolute atomic E-state index is 5.80. The van der Waals surface area contributed by atoms with Gasteiger partial charge in [-0.2, -0.15) is 5.10 Å². The summed E-state index contributed by atoms with van der Waals surface area (Å²) in [6.45, 7) is 0. The van der Waals surface area contributed by atoms with E-state index in [1.165, 1.54) is 0 Å². The Kier molecular flexibility index (Phi) is 3.73. The van der Waals surface area contributed by atoms with E-state index in [1.54, 1.807) is 16.9 Å². The van der Waals surface area contributed by atoms with Gasteiger partial charge in [0.25, 0.3) is 0 Å². The third kappa shape index (κ3) is 3.03. The van der Waals surface area contributed by atoms with Crippen molar-refractivity contribution in [2.24, 2.45) is 12.9 Å². The fraction of sp³-hybridized carbons (Fsp3) is 0.273. The lowest BCUT2D eigenvalue weighted by atomic mass is 10.1. The van der Waals surface area contributed by atoms with Gasteiger partial charge in [-0.15, -0.1) is 0 Å². The molecule has 0 aliphatic heterocycles. The lowest BCUT2D eigenvalue weighted by Crippen LogP contribution is -2.30. The van der Waals surface area contributed by atoms with Gasteiger partial charge in [-0.3, -0.25) is 20.9 Å². The number of hydrogen-bond acceptors (Lipinski definition) is 4. The van der Waals surface area contributed by atoms with Gasteiger partial charge in [0.2, 0.25) is 0 Å². The summed E-state index contributed by atoms with van der Waals surface area (Å²) in [5.41, 5.74) is 4.72. The highest BCUT2D eigenvalue weighted by molar-refractivity contribution is 6.30. The molecule has 90 valence electrons. The van der Waals surface area contributed by atoms with E-state index in [9.17, 15) is 0 Å². The average Bonchev–Trinajstić information content (AvgIpc) is 2.73. The topological polar surface area (TPSA) is 68.8 Å². The van der Waals surface area contributed by atoms with Crippen LogP contribution >= 0.6 is 11.6 Å². The van der Waals surface area contributed by atoms with Gasteiger partial charge in [0.05, 0.1) is 23.0 Å². The van der Waals surface area contributed by atoms with Gasteiger partial charge in [-0.05, 0) is 24.1 Å². The summed E-state index contributed by atoms with van der Waals surface area (Å²) >= 11 is 5.80. The summed E-state index contributed by atoms with van der Waals surface area (Å²) in [4.78, 5) is 4.25. The van der Waals surface area contributed by atoms with E-state index >= 15 is 0 Å². The Morgan fingerprint density at radius 3 is 2.82 bits per heavy atom. The van der Waals surface area contributed by atoms with Gasteiger partial charge < -0.3 is 0 Å². The smallest absolute Gasteiger partial charge is 0.0673 e. The predicted molar refractivity (Wildman–Crippen MR) is 66.2 cm³/mol. The van der Waals surface area contributed by atoms with Gasteiger partial charge >= 0.3 is 0 Å². The monoisotopic (exact) mass is 251 g/mol. The normalized spacial score (nSPS) is 12.6. The fourth-order valence-corrected chi connectivity index (χ4v) is 1.77. The van der Waals surface area contributed by atoms with E-state index in [1.807, 2.05) is 25.5 Å². The van der Waals surface area contributed by atoms with Crippen LogP contribution in [-0.4, -0.2) is 14.8 Å². The first-order chi connectivity index (χ1) is 8.19. The lowest BCUT2D eigenvalue weighted by molar-refractivity contribution is 0.538. The molecule has 3 N–H and O–H groups in total. The van der Waals surface area contributed by atoms with Crippen LogP contribution in [0.4, 0.5) is 0 Å². The number of rotatable bonds is 4. The zero-order chi connectivity index (χ0) is 12.3. The predicted octanol–water partition coefficient (Wildman–Crippen LogP) is 1.22. The second-order valence-electron chi connectivity index (χ2n) is 3.85. The van der Waals surface area contributed by atoms with E-state index in [4.69, 9.17) is 17.4 Å². The summed E-state index contributed by atoms with van der Waals surface area (Å²) in [7, 11) is 1.88. The number of aryl methyl sites for hydroxylation is 1. The molecule has 0 saturated carbocycles. The number of aromatic nitrogens is 3. The first kappa shape index (κ1) is 12.0. The van der Waals surface area contributed by atoms with E-state index in [2.05, 4.69) is 15.5 Å². The SMILES string of the molecule is Cn1cc(CC(NN)c2ccc(Cl)cn2)cn1. The minimum atomic E-state index is -0.0449. The van der Waals surface area contributed by atoms with Crippen molar-refractivity contribution in [1.29, 1.82) is 0 Å².